The summed E-state index contributed by atoms with van der Waals surface area (Å²) in [6.07, 6.45) is 9.15. The number of hydrogen-bond donors (Lipinski definition) is 0. The summed E-state index contributed by atoms with van der Waals surface area (Å²) in [7, 11) is 0. The van der Waals surface area contributed by atoms with Gasteiger partial charge < -0.3 is 4.90 Å². The van der Waals surface area contributed by atoms with E-state index in [-0.39, 0.29) is 11.8 Å². The van der Waals surface area contributed by atoms with E-state index in [1.165, 1.54) is 0 Å². The van der Waals surface area contributed by atoms with E-state index in [1.54, 1.807) is 18.6 Å². The normalized spacial score (nSPS) is 16.4. The number of likely N-dealkylation sites (tertiary alicyclic amines) is 1. The van der Waals surface area contributed by atoms with Crippen molar-refractivity contribution in [1.82, 2.24) is 24.8 Å². The molecule has 1 atom stereocenters. The Morgan fingerprint density at radius 3 is 2.77 bits per heavy atom. The molecule has 154 valence electrons. The van der Waals surface area contributed by atoms with Crippen LogP contribution in [0.4, 0.5) is 0 Å². The first kappa shape index (κ1) is 19.3. The highest BCUT2D eigenvalue weighted by Crippen LogP contribution is 2.33. The maximum absolute atomic E-state index is 13.5. The van der Waals surface area contributed by atoms with E-state index in [4.69, 9.17) is 4.98 Å². The van der Waals surface area contributed by atoms with Gasteiger partial charge in [-0.25, -0.2) is 9.97 Å². The van der Waals surface area contributed by atoms with Gasteiger partial charge in [0.05, 0.1) is 11.2 Å². The molecular weight excluding hydrogens is 386 g/mol. The maximum atomic E-state index is 13.5. The molecule has 1 aromatic carbocycles. The molecule has 0 bridgehead atoms. The molecule has 1 aliphatic heterocycles. The molecule has 1 amide bonds. The molecular formula is C25H23N5O. The maximum Gasteiger partial charge on any atom is 0.254 e. The third-order valence-corrected chi connectivity index (χ3v) is 5.90. The second kappa shape index (κ2) is 8.22. The predicted octanol–water partition coefficient (Wildman–Crippen LogP) is 4.42. The number of hydrogen-bond acceptors (Lipinski definition) is 5. The van der Waals surface area contributed by atoms with Gasteiger partial charge in [-0.1, -0.05) is 12.1 Å². The molecule has 0 N–H and O–H groups in total. The van der Waals surface area contributed by atoms with E-state index in [2.05, 4.69) is 15.0 Å². The number of piperidine rings is 1. The third-order valence-electron chi connectivity index (χ3n) is 5.90. The molecule has 1 fully saturated rings. The van der Waals surface area contributed by atoms with Gasteiger partial charge in [-0.3, -0.25) is 14.8 Å². The van der Waals surface area contributed by atoms with Gasteiger partial charge in [0.2, 0.25) is 0 Å². The summed E-state index contributed by atoms with van der Waals surface area (Å²) >= 11 is 0. The summed E-state index contributed by atoms with van der Waals surface area (Å²) in [5.41, 5.74) is 4.62. The van der Waals surface area contributed by atoms with Gasteiger partial charge in [0, 0.05) is 60.3 Å². The Morgan fingerprint density at radius 2 is 1.90 bits per heavy atom. The Labute approximate surface area is 181 Å². The van der Waals surface area contributed by atoms with Crippen molar-refractivity contribution in [1.29, 1.82) is 0 Å². The van der Waals surface area contributed by atoms with Crippen molar-refractivity contribution in [3.8, 4) is 11.1 Å². The molecule has 31 heavy (non-hydrogen) atoms. The van der Waals surface area contributed by atoms with Crippen LogP contribution < -0.4 is 0 Å². The van der Waals surface area contributed by atoms with Crippen molar-refractivity contribution in [3.63, 3.8) is 0 Å². The number of carbonyl (C=O) groups excluding carboxylic acids is 1. The SMILES string of the molecule is Cc1ncc(-c2ccncc2)c([C@H]2CCCN(C(=O)c3cccc4ncccc34)C2)n1. The van der Waals surface area contributed by atoms with E-state index in [1.807, 2.05) is 60.5 Å². The molecule has 4 heterocycles. The highest BCUT2D eigenvalue weighted by molar-refractivity contribution is 6.06. The number of fused-ring (bicyclic) bond motifs is 1. The van der Waals surface area contributed by atoms with Crippen LogP contribution in [0.25, 0.3) is 22.0 Å². The number of amides is 1. The highest BCUT2D eigenvalue weighted by Gasteiger charge is 2.29. The largest absolute Gasteiger partial charge is 0.338 e. The fourth-order valence-electron chi connectivity index (χ4n) is 4.40. The van der Waals surface area contributed by atoms with Crippen LogP contribution >= 0.6 is 0 Å². The minimum Gasteiger partial charge on any atom is -0.338 e. The summed E-state index contributed by atoms with van der Waals surface area (Å²) in [4.78, 5) is 33.2. The van der Waals surface area contributed by atoms with Crippen molar-refractivity contribution in [2.45, 2.75) is 25.7 Å². The predicted molar refractivity (Wildman–Crippen MR) is 120 cm³/mol. The van der Waals surface area contributed by atoms with Gasteiger partial charge in [-0.15, -0.1) is 0 Å². The van der Waals surface area contributed by atoms with E-state index >= 15 is 0 Å². The van der Waals surface area contributed by atoms with Crippen LogP contribution in [-0.2, 0) is 0 Å². The first-order valence-electron chi connectivity index (χ1n) is 10.6. The molecule has 0 aliphatic carbocycles. The van der Waals surface area contributed by atoms with Crippen molar-refractivity contribution >= 4 is 16.8 Å². The van der Waals surface area contributed by atoms with Gasteiger partial charge in [0.25, 0.3) is 5.91 Å². The quantitative estimate of drug-likeness (QED) is 0.501. The molecule has 0 saturated carbocycles. The average molecular weight is 409 g/mol. The van der Waals surface area contributed by atoms with E-state index in [9.17, 15) is 4.79 Å². The fraction of sp³-hybridized carbons (Fsp3) is 0.240. The third kappa shape index (κ3) is 3.77. The molecule has 4 aromatic rings. The van der Waals surface area contributed by atoms with Crippen LogP contribution in [0.2, 0.25) is 0 Å². The molecule has 5 rings (SSSR count). The molecule has 6 heteroatoms. The second-order valence-corrected chi connectivity index (χ2v) is 7.92. The topological polar surface area (TPSA) is 71.9 Å². The van der Waals surface area contributed by atoms with Crippen LogP contribution in [0, 0.1) is 6.92 Å². The number of aromatic nitrogens is 4. The average Bonchev–Trinajstić information content (AvgIpc) is 2.84. The Morgan fingerprint density at radius 1 is 1.03 bits per heavy atom. The van der Waals surface area contributed by atoms with Crippen molar-refractivity contribution in [2.24, 2.45) is 0 Å². The lowest BCUT2D eigenvalue weighted by atomic mass is 9.89. The van der Waals surface area contributed by atoms with E-state index < -0.39 is 0 Å². The van der Waals surface area contributed by atoms with Crippen molar-refractivity contribution in [2.75, 3.05) is 13.1 Å². The zero-order chi connectivity index (χ0) is 21.2. The Hall–Kier alpha value is -3.67. The minimum atomic E-state index is 0.0551. The smallest absolute Gasteiger partial charge is 0.254 e. The van der Waals surface area contributed by atoms with Crippen LogP contribution in [0.15, 0.2) is 67.3 Å². The van der Waals surface area contributed by atoms with Crippen LogP contribution in [0.5, 0.6) is 0 Å². The van der Waals surface area contributed by atoms with Gasteiger partial charge in [-0.2, -0.15) is 0 Å². The second-order valence-electron chi connectivity index (χ2n) is 7.92. The lowest BCUT2D eigenvalue weighted by molar-refractivity contribution is 0.0708. The van der Waals surface area contributed by atoms with Crippen LogP contribution in [0.3, 0.4) is 0 Å². The number of pyridine rings is 2. The fourth-order valence-corrected chi connectivity index (χ4v) is 4.40. The zero-order valence-electron chi connectivity index (χ0n) is 17.4. The first-order chi connectivity index (χ1) is 15.2. The molecule has 1 saturated heterocycles. The minimum absolute atomic E-state index is 0.0551. The zero-order valence-corrected chi connectivity index (χ0v) is 17.4. The van der Waals surface area contributed by atoms with Crippen molar-refractivity contribution in [3.05, 3.63) is 84.3 Å². The molecule has 3 aromatic heterocycles. The summed E-state index contributed by atoms with van der Waals surface area (Å²) < 4.78 is 0. The van der Waals surface area contributed by atoms with E-state index in [0.29, 0.717) is 12.1 Å². The number of nitrogens with zero attached hydrogens (tertiary/aromatic N) is 5. The number of rotatable bonds is 3. The van der Waals surface area contributed by atoms with Gasteiger partial charge >= 0.3 is 0 Å². The van der Waals surface area contributed by atoms with Crippen LogP contribution in [-0.4, -0.2) is 43.8 Å². The molecule has 6 nitrogen and oxygen atoms in total. The Bertz CT molecular complexity index is 1240. The van der Waals surface area contributed by atoms with Gasteiger partial charge in [0.15, 0.2) is 0 Å². The summed E-state index contributed by atoms with van der Waals surface area (Å²) in [6, 6.07) is 13.5. The van der Waals surface area contributed by atoms with Crippen LogP contribution in [0.1, 0.15) is 40.6 Å². The lowest BCUT2D eigenvalue weighted by Gasteiger charge is -2.33. The number of aryl methyl sites for hydroxylation is 1. The Balaban J connectivity index is 1.48. The monoisotopic (exact) mass is 409 g/mol. The molecule has 0 unspecified atom stereocenters. The number of benzene rings is 1. The summed E-state index contributed by atoms with van der Waals surface area (Å²) in [5, 5.41) is 0.896. The van der Waals surface area contributed by atoms with Gasteiger partial charge in [0.1, 0.15) is 5.82 Å². The molecule has 0 radical (unpaired) electrons. The summed E-state index contributed by atoms with van der Waals surface area (Å²) in [6.45, 7) is 3.30. The molecule has 0 spiro atoms. The standard InChI is InChI=1S/C25H23N5O/c1-17-28-15-22(18-9-12-26-13-10-18)24(29-17)19-5-4-14-30(16-19)25(31)21-6-2-8-23-20(21)7-3-11-27-23/h2-3,6-13,15,19H,4-5,14,16H2,1H3/t19-/m0/s1. The molecule has 1 aliphatic rings. The van der Waals surface area contributed by atoms with Crippen molar-refractivity contribution < 1.29 is 4.79 Å². The highest BCUT2D eigenvalue weighted by atomic mass is 16.2. The number of carbonyl (C=O) groups is 1. The van der Waals surface area contributed by atoms with E-state index in [0.717, 1.165) is 52.9 Å². The van der Waals surface area contributed by atoms with Gasteiger partial charge in [-0.05, 0) is 55.7 Å². The lowest BCUT2D eigenvalue weighted by Crippen LogP contribution is -2.39. The Kier molecular flexibility index (Phi) is 5.12. The summed E-state index contributed by atoms with van der Waals surface area (Å²) in [5.74, 6) is 0.964. The first-order valence-corrected chi connectivity index (χ1v) is 10.6.